The number of hydrogen-bond acceptors (Lipinski definition) is 7. The van der Waals surface area contributed by atoms with Gasteiger partial charge in [-0.05, 0) is 6.07 Å². The third kappa shape index (κ3) is 4.52. The summed E-state index contributed by atoms with van der Waals surface area (Å²) in [4.78, 5) is 27.5. The van der Waals surface area contributed by atoms with Crippen LogP contribution in [-0.2, 0) is 9.59 Å². The van der Waals surface area contributed by atoms with E-state index in [-0.39, 0.29) is 5.13 Å². The van der Waals surface area contributed by atoms with Crippen LogP contribution in [0.4, 0.5) is 5.13 Å². The molecule has 3 aromatic rings. The number of rotatable bonds is 4. The minimum Gasteiger partial charge on any atom is -0.292 e. The smallest absolute Gasteiger partial charge is 0.292 e. The summed E-state index contributed by atoms with van der Waals surface area (Å²) in [6.45, 7) is 0. The van der Waals surface area contributed by atoms with Gasteiger partial charge in [0.15, 0.2) is 0 Å². The molecule has 0 aliphatic heterocycles. The van der Waals surface area contributed by atoms with Crippen LogP contribution in [0.1, 0.15) is 5.56 Å². The highest BCUT2D eigenvalue weighted by molar-refractivity contribution is 7.18. The molecule has 0 atom stereocenters. The minimum atomic E-state index is -0.906. The zero-order valence-electron chi connectivity index (χ0n) is 12.8. The molecule has 0 unspecified atom stereocenters. The largest absolute Gasteiger partial charge is 0.329 e. The number of hydrogen-bond donors (Lipinski definition) is 2. The second-order valence-corrected chi connectivity index (χ2v) is 5.70. The van der Waals surface area contributed by atoms with Crippen LogP contribution in [0.3, 0.4) is 0 Å². The maximum Gasteiger partial charge on any atom is 0.329 e. The van der Waals surface area contributed by atoms with E-state index in [1.807, 2.05) is 30.3 Å². The van der Waals surface area contributed by atoms with Crippen LogP contribution < -0.4 is 10.7 Å². The van der Waals surface area contributed by atoms with Gasteiger partial charge in [0.1, 0.15) is 5.01 Å². The van der Waals surface area contributed by atoms with E-state index in [9.17, 15) is 9.59 Å². The van der Waals surface area contributed by atoms with E-state index < -0.39 is 11.8 Å². The number of carbonyl (C=O) groups excluding carboxylic acids is 2. The molecular weight excluding hydrogens is 340 g/mol. The van der Waals surface area contributed by atoms with Gasteiger partial charge in [-0.1, -0.05) is 47.7 Å². The topological polar surface area (TPSA) is 109 Å². The standard InChI is InChI=1S/C16H12N6O2S/c23-13(14(24)20-18-10-11-5-4-8-17-9-11)19-16-22-21-15(25-16)12-6-2-1-3-7-12/h1-10H,(H,20,24)(H,19,22,23). The van der Waals surface area contributed by atoms with Crippen LogP contribution in [0.25, 0.3) is 10.6 Å². The lowest BCUT2D eigenvalue weighted by Gasteiger charge is -1.99. The number of nitrogens with one attached hydrogen (secondary N) is 2. The fourth-order valence-corrected chi connectivity index (χ4v) is 2.54. The number of amides is 2. The molecule has 0 saturated heterocycles. The second-order valence-electron chi connectivity index (χ2n) is 4.72. The first kappa shape index (κ1) is 16.4. The van der Waals surface area contributed by atoms with Crippen molar-refractivity contribution in [1.82, 2.24) is 20.6 Å². The molecule has 3 rings (SSSR count). The summed E-state index contributed by atoms with van der Waals surface area (Å²) >= 11 is 1.17. The van der Waals surface area contributed by atoms with Crippen molar-refractivity contribution in [2.45, 2.75) is 0 Å². The molecular formula is C16H12N6O2S. The molecule has 0 fully saturated rings. The van der Waals surface area contributed by atoms with Crippen LogP contribution >= 0.6 is 11.3 Å². The van der Waals surface area contributed by atoms with Crippen LogP contribution in [0, 0.1) is 0 Å². The number of nitrogens with zero attached hydrogens (tertiary/aromatic N) is 4. The van der Waals surface area contributed by atoms with Crippen molar-refractivity contribution in [2.24, 2.45) is 5.10 Å². The molecule has 1 aromatic carbocycles. The quantitative estimate of drug-likeness (QED) is 0.422. The van der Waals surface area contributed by atoms with E-state index in [0.717, 1.165) is 5.56 Å². The lowest BCUT2D eigenvalue weighted by Crippen LogP contribution is -2.32. The number of aromatic nitrogens is 3. The summed E-state index contributed by atoms with van der Waals surface area (Å²) < 4.78 is 0. The Kier molecular flexibility index (Phi) is 5.17. The summed E-state index contributed by atoms with van der Waals surface area (Å²) in [5.41, 5.74) is 3.71. The normalized spacial score (nSPS) is 10.6. The lowest BCUT2D eigenvalue weighted by atomic mass is 10.2. The van der Waals surface area contributed by atoms with E-state index in [0.29, 0.717) is 10.6 Å². The van der Waals surface area contributed by atoms with E-state index >= 15 is 0 Å². The van der Waals surface area contributed by atoms with Crippen molar-refractivity contribution in [3.8, 4) is 10.6 Å². The van der Waals surface area contributed by atoms with Gasteiger partial charge in [0.2, 0.25) is 5.13 Å². The average Bonchev–Trinajstić information content (AvgIpc) is 3.12. The minimum absolute atomic E-state index is 0.232. The van der Waals surface area contributed by atoms with Gasteiger partial charge in [0.05, 0.1) is 6.21 Å². The first-order valence-corrected chi connectivity index (χ1v) is 7.97. The van der Waals surface area contributed by atoms with Crippen molar-refractivity contribution < 1.29 is 9.59 Å². The number of carbonyl (C=O) groups is 2. The molecule has 0 radical (unpaired) electrons. The van der Waals surface area contributed by atoms with Gasteiger partial charge in [-0.2, -0.15) is 5.10 Å². The summed E-state index contributed by atoms with van der Waals surface area (Å²) in [5.74, 6) is -1.78. The van der Waals surface area contributed by atoms with E-state index in [1.54, 1.807) is 24.5 Å². The maximum absolute atomic E-state index is 11.8. The molecule has 0 aliphatic carbocycles. The highest BCUT2D eigenvalue weighted by Crippen LogP contribution is 2.25. The fourth-order valence-electron chi connectivity index (χ4n) is 1.79. The second kappa shape index (κ2) is 7.88. The van der Waals surface area contributed by atoms with Gasteiger partial charge in [-0.15, -0.1) is 10.2 Å². The third-order valence-corrected chi connectivity index (χ3v) is 3.82. The van der Waals surface area contributed by atoms with Crippen molar-refractivity contribution in [3.63, 3.8) is 0 Å². The molecule has 25 heavy (non-hydrogen) atoms. The van der Waals surface area contributed by atoms with E-state index in [1.165, 1.54) is 17.6 Å². The molecule has 2 N–H and O–H groups in total. The van der Waals surface area contributed by atoms with Crippen LogP contribution in [-0.4, -0.2) is 33.2 Å². The highest BCUT2D eigenvalue weighted by atomic mass is 32.1. The molecule has 9 heteroatoms. The summed E-state index contributed by atoms with van der Waals surface area (Å²) in [6.07, 6.45) is 4.58. The molecule has 2 aromatic heterocycles. The Morgan fingerprint density at radius 3 is 2.64 bits per heavy atom. The molecule has 0 saturated carbocycles. The first-order chi connectivity index (χ1) is 12.2. The van der Waals surface area contributed by atoms with Crippen molar-refractivity contribution in [2.75, 3.05) is 5.32 Å². The Hall–Kier alpha value is -3.46. The Labute approximate surface area is 146 Å². The van der Waals surface area contributed by atoms with E-state index in [2.05, 4.69) is 31.0 Å². The molecule has 2 amide bonds. The van der Waals surface area contributed by atoms with Gasteiger partial charge in [0.25, 0.3) is 0 Å². The number of hydrazone groups is 1. The highest BCUT2D eigenvalue weighted by Gasteiger charge is 2.16. The molecule has 0 spiro atoms. The molecule has 124 valence electrons. The van der Waals surface area contributed by atoms with E-state index in [4.69, 9.17) is 0 Å². The van der Waals surface area contributed by atoms with Gasteiger partial charge in [0, 0.05) is 23.5 Å². The first-order valence-electron chi connectivity index (χ1n) is 7.16. The van der Waals surface area contributed by atoms with Crippen LogP contribution in [0.5, 0.6) is 0 Å². The molecule has 0 bridgehead atoms. The zero-order valence-corrected chi connectivity index (χ0v) is 13.6. The SMILES string of the molecule is O=C(NN=Cc1cccnc1)C(=O)Nc1nnc(-c2ccccc2)s1. The Morgan fingerprint density at radius 1 is 1.04 bits per heavy atom. The summed E-state index contributed by atoms with van der Waals surface area (Å²) in [6, 6.07) is 12.9. The average molecular weight is 352 g/mol. The molecule has 2 heterocycles. The van der Waals surface area contributed by atoms with Gasteiger partial charge in [-0.3, -0.25) is 19.9 Å². The van der Waals surface area contributed by atoms with Crippen molar-refractivity contribution in [1.29, 1.82) is 0 Å². The van der Waals surface area contributed by atoms with Crippen molar-refractivity contribution >= 4 is 34.5 Å². The predicted molar refractivity (Wildman–Crippen MR) is 93.9 cm³/mol. The Morgan fingerprint density at radius 2 is 1.88 bits per heavy atom. The van der Waals surface area contributed by atoms with Gasteiger partial charge >= 0.3 is 11.8 Å². The number of benzene rings is 1. The predicted octanol–water partition coefficient (Wildman–Crippen LogP) is 1.69. The maximum atomic E-state index is 11.8. The Bertz CT molecular complexity index is 895. The third-order valence-electron chi connectivity index (χ3n) is 2.94. The van der Waals surface area contributed by atoms with Gasteiger partial charge < -0.3 is 0 Å². The summed E-state index contributed by atoms with van der Waals surface area (Å²) in [7, 11) is 0. The lowest BCUT2D eigenvalue weighted by molar-refractivity contribution is -0.136. The summed E-state index contributed by atoms with van der Waals surface area (Å²) in [5, 5.41) is 14.8. The zero-order chi connectivity index (χ0) is 17.5. The Balaban J connectivity index is 1.56. The fraction of sp³-hybridized carbons (Fsp3) is 0. The number of pyridine rings is 1. The number of anilines is 1. The molecule has 8 nitrogen and oxygen atoms in total. The van der Waals surface area contributed by atoms with Crippen LogP contribution in [0.15, 0.2) is 60.0 Å². The monoisotopic (exact) mass is 352 g/mol. The van der Waals surface area contributed by atoms with Crippen LogP contribution in [0.2, 0.25) is 0 Å². The molecule has 0 aliphatic rings. The van der Waals surface area contributed by atoms with Crippen molar-refractivity contribution in [3.05, 3.63) is 60.4 Å². The van der Waals surface area contributed by atoms with Gasteiger partial charge in [-0.25, -0.2) is 5.43 Å².